The van der Waals surface area contributed by atoms with E-state index in [4.69, 9.17) is 0 Å². The fraction of sp³-hybridized carbons (Fsp3) is 0.929. The molecular weight excluding hydrogens is 2360 g/mol. The van der Waals surface area contributed by atoms with Gasteiger partial charge in [-0.1, -0.05) is 430 Å². The predicted octanol–water partition coefficient (Wildman–Crippen LogP) is 19.7. The van der Waals surface area contributed by atoms with E-state index in [-0.39, 0.29) is 0 Å². The van der Waals surface area contributed by atoms with Gasteiger partial charge >= 0.3 is 5.97 Å². The molecule has 0 aliphatic rings. The number of halogens is 27. The largest absolute Gasteiger partial charge is 0.480 e. The van der Waals surface area contributed by atoms with Crippen molar-refractivity contribution in [1.82, 2.24) is 0 Å². The van der Waals surface area contributed by atoms with Crippen LogP contribution in [0.3, 0.4) is 0 Å². The molecule has 0 fully saturated rings. The highest BCUT2D eigenvalue weighted by atomic mass is 80.0. The maximum atomic E-state index is 12.3. The molecule has 0 unspecified atom stereocenters. The summed E-state index contributed by atoms with van der Waals surface area (Å²) < 4.78 is -16.9. The Morgan fingerprint density at radius 1 is 0.279 bits per heavy atom. The van der Waals surface area contributed by atoms with Crippen LogP contribution in [0.25, 0.3) is 0 Å². The number of hydrogen-bond acceptors (Lipinski definition) is 1. The molecule has 2 nitrogen and oxygen atoms in total. The summed E-state index contributed by atoms with van der Waals surface area (Å²) in [6.07, 6.45) is 0. The molecule has 258 valence electrons. The van der Waals surface area contributed by atoms with E-state index in [0.29, 0.717) is 0 Å². The zero-order valence-corrected chi connectivity index (χ0v) is 60.9. The lowest BCUT2D eigenvalue weighted by atomic mass is 10.0. The molecule has 0 atom stereocenters. The average Bonchev–Trinajstić information content (AvgIpc) is 2.76. The van der Waals surface area contributed by atoms with E-state index in [1.165, 1.54) is 0 Å². The summed E-state index contributed by atoms with van der Waals surface area (Å²) in [7, 11) is 0. The van der Waals surface area contributed by atoms with Crippen molar-refractivity contribution in [1.29, 1.82) is 0 Å². The quantitative estimate of drug-likeness (QED) is 0.198. The van der Waals surface area contributed by atoms with Gasteiger partial charge in [0, 0.05) is 0 Å². The zero-order chi connectivity index (χ0) is 36.1. The molecule has 0 amide bonds. The average molecular weight is 2360 g/mol. The molecule has 0 aromatic heterocycles. The predicted molar refractivity (Wildman–Crippen MR) is 284 cm³/mol. The molecule has 1 N–H and O–H groups in total. The standard InChI is InChI=1S/C14HBr27O2/c15-2(16,1(42)43)3(17,18)4(19,20)5(21,22)6(23,24)7(25,26)8(27,28)9(29,30)10(31,32)11(33,34)12(35,36)13(37,38)14(39,40)41/h(H,42,43). The van der Waals surface area contributed by atoms with Crippen LogP contribution in [0.2, 0.25) is 0 Å². The van der Waals surface area contributed by atoms with Crippen LogP contribution in [0.1, 0.15) is 0 Å². The molecule has 0 saturated heterocycles. The second-order valence-electron chi connectivity index (χ2n) is 7.70. The monoisotopic (exact) mass is 2330 g/mol. The van der Waals surface area contributed by atoms with E-state index >= 15 is 0 Å². The number of rotatable bonds is 12. The molecule has 0 aliphatic carbocycles. The van der Waals surface area contributed by atoms with Crippen LogP contribution in [0.5, 0.6) is 0 Å². The Bertz CT molecular complexity index is 1060. The summed E-state index contributed by atoms with van der Waals surface area (Å²) in [6, 6.07) is 0. The summed E-state index contributed by atoms with van der Waals surface area (Å²) in [5.41, 5.74) is 0. The van der Waals surface area contributed by atoms with Crippen molar-refractivity contribution in [2.24, 2.45) is 0 Å². The minimum absolute atomic E-state index is 0.902. The first-order chi connectivity index (χ1) is 17.9. The van der Waals surface area contributed by atoms with E-state index in [2.05, 4.69) is 430 Å². The number of carboxylic acids is 1. The fourth-order valence-corrected chi connectivity index (χ4v) is 28.2. The van der Waals surface area contributed by atoms with Crippen LogP contribution >= 0.6 is 430 Å². The molecule has 43 heavy (non-hydrogen) atoms. The van der Waals surface area contributed by atoms with Crippen molar-refractivity contribution in [3.05, 3.63) is 0 Å². The summed E-state index contributed by atoms with van der Waals surface area (Å²) in [6.45, 7) is 0. The molecule has 0 rings (SSSR count). The van der Waals surface area contributed by atoms with Gasteiger partial charge < -0.3 is 5.11 Å². The van der Waals surface area contributed by atoms with Crippen molar-refractivity contribution in [2.75, 3.05) is 0 Å². The molecule has 0 bridgehead atoms. The van der Waals surface area contributed by atoms with E-state index < -0.39 is 46.9 Å². The fourth-order valence-electron chi connectivity index (χ4n) is 2.28. The maximum absolute atomic E-state index is 12.3. The van der Waals surface area contributed by atoms with Crippen molar-refractivity contribution in [3.63, 3.8) is 0 Å². The number of alkyl halides is 27. The maximum Gasteiger partial charge on any atom is 0.333 e. The molecule has 0 saturated carbocycles. The third-order valence-electron chi connectivity index (χ3n) is 4.96. The number of aliphatic carboxylic acids is 1. The van der Waals surface area contributed by atoms with Crippen LogP contribution in [0, 0.1) is 0 Å². The molecule has 0 aliphatic heterocycles. The van der Waals surface area contributed by atoms with Crippen LogP contribution in [-0.4, -0.2) is 52.0 Å². The Labute approximate surface area is 475 Å². The van der Waals surface area contributed by atoms with Gasteiger partial charge in [-0.2, -0.15) is 0 Å². The lowest BCUT2D eigenvalue weighted by molar-refractivity contribution is -0.137. The summed E-state index contributed by atoms with van der Waals surface area (Å²) >= 11 is 101. The van der Waals surface area contributed by atoms with Crippen molar-refractivity contribution in [2.45, 2.75) is 40.9 Å². The van der Waals surface area contributed by atoms with Gasteiger partial charge in [-0.3, -0.25) is 0 Å². The van der Waals surface area contributed by atoms with E-state index in [0.717, 1.165) is 0 Å². The Morgan fingerprint density at radius 3 is 0.558 bits per heavy atom. The second-order valence-corrected chi connectivity index (χ2v) is 55.8. The zero-order valence-electron chi connectivity index (χ0n) is 18.1. The lowest BCUT2D eigenvalue weighted by Gasteiger charge is -2.61. The Kier molecular flexibility index (Phi) is 22.9. The van der Waals surface area contributed by atoms with Gasteiger partial charge in [-0.25, -0.2) is 4.79 Å². The summed E-state index contributed by atoms with van der Waals surface area (Å²) in [5, 5.41) is 10.0. The molecule has 29 heteroatoms. The highest BCUT2D eigenvalue weighted by molar-refractivity contribution is 9.42. The molecule has 0 aromatic carbocycles. The van der Waals surface area contributed by atoms with Crippen LogP contribution < -0.4 is 0 Å². The normalized spacial score (nSPS) is 16.9. The number of carbonyl (C=O) groups is 1. The van der Waals surface area contributed by atoms with Crippen LogP contribution in [-0.2, 0) is 4.79 Å². The first-order valence-electron chi connectivity index (χ1n) is 8.78. The lowest BCUT2D eigenvalue weighted by Crippen LogP contribution is -2.72. The molecule has 0 spiro atoms. The molecule has 0 aromatic rings. The first-order valence-corrected chi connectivity index (χ1v) is 30.2. The van der Waals surface area contributed by atoms with Gasteiger partial charge in [0.1, 0.15) is 35.6 Å². The number of hydrogen-bond donors (Lipinski definition) is 1. The van der Waals surface area contributed by atoms with E-state index in [1.807, 2.05) is 0 Å². The van der Waals surface area contributed by atoms with Crippen LogP contribution in [0.4, 0.5) is 0 Å². The molecule has 0 radical (unpaired) electrons. The number of carboxylic acid groups (broad SMARTS) is 1. The van der Waals surface area contributed by atoms with Gasteiger partial charge in [-0.15, -0.1) is 0 Å². The third kappa shape index (κ3) is 9.36. The van der Waals surface area contributed by atoms with Crippen molar-refractivity contribution in [3.8, 4) is 0 Å². The summed E-state index contributed by atoms with van der Waals surface area (Å²) in [4.78, 5) is 12.3. The van der Waals surface area contributed by atoms with E-state index in [9.17, 15) is 9.90 Å². The Hall–Kier alpha value is 12.4. The minimum Gasteiger partial charge on any atom is -0.480 e. The summed E-state index contributed by atoms with van der Waals surface area (Å²) in [5.74, 6) is -1.23. The molecular formula is C14HBr27O2. The smallest absolute Gasteiger partial charge is 0.333 e. The minimum atomic E-state index is -1.76. The van der Waals surface area contributed by atoms with Crippen molar-refractivity contribution < 1.29 is 9.90 Å². The second kappa shape index (κ2) is 17.8. The SMILES string of the molecule is O=C(O)C(Br)(Br)C(Br)(Br)C(Br)(Br)C(Br)(Br)C(Br)(Br)C(Br)(Br)C(Br)(Br)C(Br)(Br)C(Br)(Br)C(Br)(Br)C(Br)(Br)C(Br)(Br)C(Br)(Br)Br. The molecule has 0 heterocycles. The Morgan fingerprint density at radius 2 is 0.419 bits per heavy atom. The van der Waals surface area contributed by atoms with Crippen LogP contribution in [0.15, 0.2) is 0 Å². The highest BCUT2D eigenvalue weighted by Crippen LogP contribution is 2.82. The topological polar surface area (TPSA) is 37.3 Å². The first kappa shape index (κ1) is 55.4. The van der Waals surface area contributed by atoms with Gasteiger partial charge in [0.15, 0.2) is 2.14 Å². The highest BCUT2D eigenvalue weighted by Gasteiger charge is 2.82. The van der Waals surface area contributed by atoms with E-state index in [1.54, 1.807) is 0 Å². The third-order valence-corrected chi connectivity index (χ3v) is 61.4. The van der Waals surface area contributed by atoms with Gasteiger partial charge in [0.2, 0.25) is 3.23 Å². The van der Waals surface area contributed by atoms with Crippen molar-refractivity contribution >= 4 is 436 Å². The van der Waals surface area contributed by atoms with Gasteiger partial charge in [-0.05, 0) is 0 Å². The van der Waals surface area contributed by atoms with Gasteiger partial charge in [0.25, 0.3) is 0 Å². The Balaban J connectivity index is 7.49. The van der Waals surface area contributed by atoms with Gasteiger partial charge in [0.05, 0.1) is 0 Å².